The summed E-state index contributed by atoms with van der Waals surface area (Å²) < 4.78 is 1.84. The molecule has 23 heavy (non-hydrogen) atoms. The molecule has 0 amide bonds. The first kappa shape index (κ1) is 13.2. The van der Waals surface area contributed by atoms with E-state index in [1.54, 1.807) is 24.5 Å². The summed E-state index contributed by atoms with van der Waals surface area (Å²) in [7, 11) is 0. The monoisotopic (exact) mass is 305 g/mol. The Labute approximate surface area is 130 Å². The average Bonchev–Trinajstić information content (AvgIpc) is 3.05. The molecule has 0 saturated heterocycles. The van der Waals surface area contributed by atoms with Gasteiger partial charge in [0.05, 0.1) is 16.6 Å². The minimum Gasteiger partial charge on any atom is -0.478 e. The van der Waals surface area contributed by atoms with E-state index in [4.69, 9.17) is 5.11 Å². The number of carboxylic acids is 1. The van der Waals surface area contributed by atoms with E-state index in [1.165, 1.54) is 6.07 Å². The largest absolute Gasteiger partial charge is 0.478 e. The lowest BCUT2D eigenvalue weighted by atomic mass is 10.2. The fourth-order valence-corrected chi connectivity index (χ4v) is 2.46. The maximum atomic E-state index is 11.1. The maximum absolute atomic E-state index is 11.1. The molecule has 0 unspecified atom stereocenters. The zero-order valence-corrected chi connectivity index (χ0v) is 11.8. The summed E-state index contributed by atoms with van der Waals surface area (Å²) in [6.45, 7) is 0. The Hall–Kier alpha value is -3.48. The molecule has 0 aliphatic rings. The summed E-state index contributed by atoms with van der Waals surface area (Å²) in [5, 5.41) is 20.2. The molecule has 2 aromatic heterocycles. The number of fused-ring (bicyclic) bond motifs is 3. The number of para-hydroxylation sites is 2. The number of nitrogens with one attached hydrogen (secondary N) is 1. The molecule has 4 aromatic rings. The second kappa shape index (κ2) is 5.06. The van der Waals surface area contributed by atoms with Crippen molar-refractivity contribution in [2.24, 2.45) is 0 Å². The lowest BCUT2D eigenvalue weighted by Crippen LogP contribution is -2.01. The molecule has 0 saturated carbocycles. The van der Waals surface area contributed by atoms with Crippen LogP contribution in [0.1, 0.15) is 10.4 Å². The van der Waals surface area contributed by atoms with Gasteiger partial charge in [-0.3, -0.25) is 4.40 Å². The quantitative estimate of drug-likeness (QED) is 0.604. The molecule has 7 nitrogen and oxygen atoms in total. The zero-order valence-electron chi connectivity index (χ0n) is 11.8. The van der Waals surface area contributed by atoms with Crippen molar-refractivity contribution in [1.29, 1.82) is 0 Å². The minimum absolute atomic E-state index is 0.202. The Morgan fingerprint density at radius 2 is 2.00 bits per heavy atom. The van der Waals surface area contributed by atoms with Gasteiger partial charge in [0.2, 0.25) is 5.65 Å². The van der Waals surface area contributed by atoms with Crippen LogP contribution in [0.5, 0.6) is 0 Å². The number of rotatable bonds is 3. The Bertz CT molecular complexity index is 1040. The van der Waals surface area contributed by atoms with Crippen LogP contribution in [0.2, 0.25) is 0 Å². The van der Waals surface area contributed by atoms with Crippen molar-refractivity contribution in [2.45, 2.75) is 0 Å². The number of nitrogens with zero attached hydrogens (tertiary/aromatic N) is 4. The van der Waals surface area contributed by atoms with Crippen LogP contribution in [0.3, 0.4) is 0 Å². The van der Waals surface area contributed by atoms with Crippen LogP contribution < -0.4 is 5.32 Å². The molecule has 0 aliphatic heterocycles. The molecule has 0 bridgehead atoms. The van der Waals surface area contributed by atoms with Crippen molar-refractivity contribution < 1.29 is 9.90 Å². The molecule has 112 valence electrons. The zero-order chi connectivity index (χ0) is 15.8. The summed E-state index contributed by atoms with van der Waals surface area (Å²) in [6, 6.07) is 14.2. The van der Waals surface area contributed by atoms with Crippen LogP contribution >= 0.6 is 0 Å². The van der Waals surface area contributed by atoms with Gasteiger partial charge in [0.1, 0.15) is 6.33 Å². The number of carbonyl (C=O) groups is 1. The second-order valence-corrected chi connectivity index (χ2v) is 4.98. The van der Waals surface area contributed by atoms with Gasteiger partial charge >= 0.3 is 5.97 Å². The van der Waals surface area contributed by atoms with E-state index in [0.29, 0.717) is 17.2 Å². The van der Waals surface area contributed by atoms with Gasteiger partial charge in [-0.1, -0.05) is 18.2 Å². The van der Waals surface area contributed by atoms with Crippen molar-refractivity contribution in [3.63, 3.8) is 0 Å². The number of aromatic nitrogens is 4. The van der Waals surface area contributed by atoms with E-state index in [0.717, 1.165) is 11.0 Å². The maximum Gasteiger partial charge on any atom is 0.335 e. The van der Waals surface area contributed by atoms with E-state index < -0.39 is 5.97 Å². The topological polar surface area (TPSA) is 92.4 Å². The number of carboxylic acid groups (broad SMARTS) is 1. The van der Waals surface area contributed by atoms with Crippen LogP contribution in [0.25, 0.3) is 16.7 Å². The van der Waals surface area contributed by atoms with Crippen LogP contribution in [0, 0.1) is 0 Å². The normalized spacial score (nSPS) is 11.0. The van der Waals surface area contributed by atoms with E-state index in [-0.39, 0.29) is 5.56 Å². The molecular formula is C16H11N5O2. The molecule has 2 N–H and O–H groups in total. The average molecular weight is 305 g/mol. The van der Waals surface area contributed by atoms with Crippen molar-refractivity contribution in [2.75, 3.05) is 5.32 Å². The number of hydrogen-bond donors (Lipinski definition) is 2. The third-order valence-electron chi connectivity index (χ3n) is 3.51. The van der Waals surface area contributed by atoms with Gasteiger partial charge in [-0.2, -0.15) is 0 Å². The van der Waals surface area contributed by atoms with Crippen LogP contribution in [0.4, 0.5) is 11.5 Å². The smallest absolute Gasteiger partial charge is 0.335 e. The molecule has 0 spiro atoms. The van der Waals surface area contributed by atoms with Crippen molar-refractivity contribution in [3.8, 4) is 0 Å². The first-order valence-corrected chi connectivity index (χ1v) is 6.91. The predicted molar refractivity (Wildman–Crippen MR) is 85.0 cm³/mol. The van der Waals surface area contributed by atoms with E-state index in [9.17, 15) is 4.79 Å². The summed E-state index contributed by atoms with van der Waals surface area (Å²) in [4.78, 5) is 15.6. The van der Waals surface area contributed by atoms with Gasteiger partial charge in [0, 0.05) is 5.69 Å². The Kier molecular flexibility index (Phi) is 2.90. The van der Waals surface area contributed by atoms with Gasteiger partial charge in [0.15, 0.2) is 5.82 Å². The van der Waals surface area contributed by atoms with Crippen LogP contribution in [-0.4, -0.2) is 30.7 Å². The van der Waals surface area contributed by atoms with Crippen molar-refractivity contribution in [1.82, 2.24) is 19.6 Å². The lowest BCUT2D eigenvalue weighted by molar-refractivity contribution is 0.0697. The third-order valence-corrected chi connectivity index (χ3v) is 3.51. The summed E-state index contributed by atoms with van der Waals surface area (Å²) in [6.07, 6.45) is 1.62. The van der Waals surface area contributed by atoms with Gasteiger partial charge in [-0.25, -0.2) is 9.78 Å². The molecule has 7 heteroatoms. The predicted octanol–water partition coefficient (Wildman–Crippen LogP) is 2.72. The first-order chi connectivity index (χ1) is 11.2. The lowest BCUT2D eigenvalue weighted by Gasteiger charge is -2.09. The highest BCUT2D eigenvalue weighted by Crippen LogP contribution is 2.23. The number of anilines is 2. The van der Waals surface area contributed by atoms with Gasteiger partial charge in [-0.15, -0.1) is 10.2 Å². The second-order valence-electron chi connectivity index (χ2n) is 4.98. The van der Waals surface area contributed by atoms with Crippen molar-refractivity contribution in [3.05, 3.63) is 60.4 Å². The fourth-order valence-electron chi connectivity index (χ4n) is 2.46. The Morgan fingerprint density at radius 1 is 1.13 bits per heavy atom. The summed E-state index contributed by atoms with van der Waals surface area (Å²) in [5.41, 5.74) is 3.09. The summed E-state index contributed by atoms with van der Waals surface area (Å²) >= 11 is 0. The molecule has 0 aliphatic carbocycles. The SMILES string of the molecule is O=C(O)c1cccc(Nc2nc3ccccc3n3cnnc23)c1. The fraction of sp³-hybridized carbons (Fsp3) is 0. The van der Waals surface area contributed by atoms with E-state index in [2.05, 4.69) is 20.5 Å². The molecule has 0 fully saturated rings. The van der Waals surface area contributed by atoms with Crippen LogP contribution in [-0.2, 0) is 0 Å². The summed E-state index contributed by atoms with van der Waals surface area (Å²) in [5.74, 6) is -0.462. The van der Waals surface area contributed by atoms with Gasteiger partial charge in [0.25, 0.3) is 0 Å². The highest BCUT2D eigenvalue weighted by molar-refractivity contribution is 5.89. The number of hydrogen-bond acceptors (Lipinski definition) is 5. The number of aromatic carboxylic acids is 1. The molecular weight excluding hydrogens is 294 g/mol. The van der Waals surface area contributed by atoms with Crippen LogP contribution in [0.15, 0.2) is 54.9 Å². The Morgan fingerprint density at radius 3 is 2.87 bits per heavy atom. The first-order valence-electron chi connectivity index (χ1n) is 6.91. The standard InChI is InChI=1S/C16H11N5O2/c22-16(23)10-4-3-5-11(8-10)18-14-15-20-17-9-21(15)13-7-2-1-6-12(13)19-14/h1-9H,(H,18,19)(H,22,23). The van der Waals surface area contributed by atoms with Gasteiger partial charge in [-0.05, 0) is 30.3 Å². The molecule has 0 radical (unpaired) electrons. The van der Waals surface area contributed by atoms with E-state index in [1.807, 2.05) is 28.7 Å². The number of benzene rings is 2. The minimum atomic E-state index is -0.979. The molecule has 4 rings (SSSR count). The third kappa shape index (κ3) is 2.24. The van der Waals surface area contributed by atoms with Gasteiger partial charge < -0.3 is 10.4 Å². The molecule has 0 atom stereocenters. The van der Waals surface area contributed by atoms with Crippen molar-refractivity contribution >= 4 is 34.2 Å². The van der Waals surface area contributed by atoms with E-state index >= 15 is 0 Å². The molecule has 2 heterocycles. The highest BCUT2D eigenvalue weighted by atomic mass is 16.4. The highest BCUT2D eigenvalue weighted by Gasteiger charge is 2.11. The molecule has 2 aromatic carbocycles. The Balaban J connectivity index is 1.86.